The van der Waals surface area contributed by atoms with Gasteiger partial charge in [0.25, 0.3) is 0 Å². The average molecular weight is 563 g/mol. The molecular weight excluding hydrogens is 532 g/mol. The van der Waals surface area contributed by atoms with Gasteiger partial charge in [-0.1, -0.05) is 60.1 Å². The van der Waals surface area contributed by atoms with Crippen LogP contribution in [0.25, 0.3) is 4.91 Å². The molecule has 37 heavy (non-hydrogen) atoms. The summed E-state index contributed by atoms with van der Waals surface area (Å²) in [4.78, 5) is 15.9. The van der Waals surface area contributed by atoms with Crippen LogP contribution in [0.4, 0.5) is 0 Å². The number of aliphatic carboxylic acids is 1. The highest BCUT2D eigenvalue weighted by Gasteiger charge is 2.74. The lowest BCUT2D eigenvalue weighted by molar-refractivity contribution is -0.140. The summed E-state index contributed by atoms with van der Waals surface area (Å²) >= 11 is 7.24. The predicted molar refractivity (Wildman–Crippen MR) is 147 cm³/mol. The van der Waals surface area contributed by atoms with E-state index in [-0.39, 0.29) is 6.42 Å². The van der Waals surface area contributed by atoms with Crippen LogP contribution in [0.1, 0.15) is 36.8 Å². The van der Waals surface area contributed by atoms with E-state index >= 15 is 0 Å². The number of halogens is 1. The highest BCUT2D eigenvalue weighted by atomic mass is 35.5. The highest BCUT2D eigenvalue weighted by Crippen LogP contribution is 2.61. The number of carboxylic acid groups (broad SMARTS) is 1. The second-order valence-corrected chi connectivity index (χ2v) is 13.7. The van der Waals surface area contributed by atoms with Gasteiger partial charge in [-0.25, -0.2) is 8.42 Å². The Morgan fingerprint density at radius 3 is 2.51 bits per heavy atom. The average Bonchev–Trinajstić information content (AvgIpc) is 3.27. The molecule has 2 N–H and O–H groups in total. The van der Waals surface area contributed by atoms with Crippen LogP contribution in [0.5, 0.6) is 0 Å². The third-order valence-electron chi connectivity index (χ3n) is 7.68. The van der Waals surface area contributed by atoms with Crippen LogP contribution in [0.15, 0.2) is 60.7 Å². The Morgan fingerprint density at radius 1 is 1.14 bits per heavy atom. The standard InChI is InChI=1S/C27H31ClN2O5S2/c28-22-9-7-20(8-10-22)23-11-12-24(36-23)37(33,34)29-27(25(31)32)19-26(27,21-5-2-1-3-6-21)13-4-14-30-15-17-35-18-16-30/h1-3,5-11,24,29H,4,12-19H2,(H,31,32). The summed E-state index contributed by atoms with van der Waals surface area (Å²) in [5, 5.41) is 11.0. The van der Waals surface area contributed by atoms with Crippen LogP contribution in [0, 0.1) is 0 Å². The molecule has 0 aromatic heterocycles. The van der Waals surface area contributed by atoms with Gasteiger partial charge in [-0.3, -0.25) is 9.69 Å². The molecule has 0 amide bonds. The molecule has 0 bridgehead atoms. The Bertz CT molecular complexity index is 1270. The number of carboxylic acids is 1. The van der Waals surface area contributed by atoms with E-state index in [2.05, 4.69) is 9.62 Å². The fourth-order valence-electron chi connectivity index (χ4n) is 5.59. The highest BCUT2D eigenvalue weighted by molar-refractivity contribution is 8.18. The maximum absolute atomic E-state index is 13.6. The van der Waals surface area contributed by atoms with Crippen molar-refractivity contribution in [2.45, 2.75) is 41.2 Å². The Labute approximate surface area is 227 Å². The lowest BCUT2D eigenvalue weighted by Gasteiger charge is -2.29. The number of sulfonamides is 1. The molecule has 2 aliphatic heterocycles. The van der Waals surface area contributed by atoms with Gasteiger partial charge in [0, 0.05) is 28.4 Å². The molecule has 3 atom stereocenters. The number of thioether (sulfide) groups is 1. The fraction of sp³-hybridized carbons (Fsp3) is 0.444. The van der Waals surface area contributed by atoms with Gasteiger partial charge >= 0.3 is 5.97 Å². The van der Waals surface area contributed by atoms with Crippen LogP contribution in [0.3, 0.4) is 0 Å². The predicted octanol–water partition coefficient (Wildman–Crippen LogP) is 4.34. The van der Waals surface area contributed by atoms with E-state index in [0.717, 1.165) is 42.1 Å². The molecule has 3 aliphatic rings. The number of carbonyl (C=O) groups is 1. The molecule has 198 valence electrons. The van der Waals surface area contributed by atoms with Gasteiger partial charge in [-0.2, -0.15) is 4.72 Å². The third kappa shape index (κ3) is 5.35. The van der Waals surface area contributed by atoms with Crippen molar-refractivity contribution in [2.24, 2.45) is 0 Å². The maximum atomic E-state index is 13.6. The Balaban J connectivity index is 1.34. The Hall–Kier alpha value is -1.88. The number of hydrogen-bond acceptors (Lipinski definition) is 6. The first-order chi connectivity index (χ1) is 17.8. The van der Waals surface area contributed by atoms with E-state index in [1.165, 1.54) is 11.8 Å². The zero-order valence-corrected chi connectivity index (χ0v) is 22.8. The first kappa shape index (κ1) is 26.7. The molecule has 1 saturated carbocycles. The van der Waals surface area contributed by atoms with Gasteiger partial charge < -0.3 is 9.84 Å². The number of morpholine rings is 1. The molecule has 1 aliphatic carbocycles. The molecule has 0 radical (unpaired) electrons. The van der Waals surface area contributed by atoms with Crippen molar-refractivity contribution >= 4 is 44.3 Å². The van der Waals surface area contributed by atoms with Crippen molar-refractivity contribution in [3.8, 4) is 0 Å². The molecule has 0 spiro atoms. The van der Waals surface area contributed by atoms with Gasteiger partial charge in [0.1, 0.15) is 10.1 Å². The Morgan fingerprint density at radius 2 is 1.84 bits per heavy atom. The van der Waals surface area contributed by atoms with Gasteiger partial charge in [-0.15, -0.1) is 11.8 Å². The number of rotatable bonds is 10. The van der Waals surface area contributed by atoms with Gasteiger partial charge in [0.2, 0.25) is 10.0 Å². The number of allylic oxidation sites excluding steroid dienone is 1. The van der Waals surface area contributed by atoms with Crippen molar-refractivity contribution < 1.29 is 23.1 Å². The summed E-state index contributed by atoms with van der Waals surface area (Å²) < 4.78 is 34.5. The number of hydrogen-bond donors (Lipinski definition) is 2. The third-order valence-corrected chi connectivity index (χ3v) is 11.6. The first-order valence-corrected chi connectivity index (χ1v) is 15.3. The second kappa shape index (κ2) is 10.7. The lowest BCUT2D eigenvalue weighted by Crippen LogP contribution is -2.51. The van der Waals surface area contributed by atoms with Crippen LogP contribution in [-0.2, 0) is 25.0 Å². The minimum absolute atomic E-state index is 0.233. The molecule has 2 heterocycles. The van der Waals surface area contributed by atoms with Crippen LogP contribution < -0.4 is 4.72 Å². The number of nitrogens with zero attached hydrogens (tertiary/aromatic N) is 1. The molecule has 5 rings (SSSR count). The summed E-state index contributed by atoms with van der Waals surface area (Å²) in [7, 11) is -3.95. The fourth-order valence-corrected chi connectivity index (χ4v) is 8.94. The minimum atomic E-state index is -3.95. The molecule has 7 nitrogen and oxygen atoms in total. The first-order valence-electron chi connectivity index (χ1n) is 12.5. The van der Waals surface area contributed by atoms with E-state index < -0.39 is 31.5 Å². The quantitative estimate of drug-likeness (QED) is 0.445. The minimum Gasteiger partial charge on any atom is -0.480 e. The molecule has 3 unspecified atom stereocenters. The van der Waals surface area contributed by atoms with Crippen molar-refractivity contribution in [2.75, 3.05) is 32.8 Å². The molecule has 10 heteroatoms. The molecule has 2 fully saturated rings. The van der Waals surface area contributed by atoms with E-state index in [1.54, 1.807) is 12.1 Å². The summed E-state index contributed by atoms with van der Waals surface area (Å²) in [5.74, 6) is -1.12. The van der Waals surface area contributed by atoms with Crippen LogP contribution in [0.2, 0.25) is 5.02 Å². The second-order valence-electron chi connectivity index (χ2n) is 9.90. The monoisotopic (exact) mass is 562 g/mol. The largest absolute Gasteiger partial charge is 0.480 e. The van der Waals surface area contributed by atoms with Crippen molar-refractivity contribution in [3.63, 3.8) is 0 Å². The summed E-state index contributed by atoms with van der Waals surface area (Å²) in [5.41, 5.74) is -0.605. The maximum Gasteiger partial charge on any atom is 0.325 e. The number of nitrogens with one attached hydrogen (secondary N) is 1. The molecule has 1 saturated heterocycles. The van der Waals surface area contributed by atoms with Gasteiger partial charge in [-0.05, 0) is 55.5 Å². The zero-order chi connectivity index (χ0) is 26.1. The van der Waals surface area contributed by atoms with Crippen molar-refractivity contribution in [3.05, 3.63) is 76.8 Å². The van der Waals surface area contributed by atoms with Gasteiger partial charge in [0.05, 0.1) is 13.2 Å². The summed E-state index contributed by atoms with van der Waals surface area (Å²) in [6, 6.07) is 16.7. The van der Waals surface area contributed by atoms with Crippen molar-refractivity contribution in [1.29, 1.82) is 0 Å². The summed E-state index contributed by atoms with van der Waals surface area (Å²) in [6.07, 6.45) is 3.78. The Kier molecular flexibility index (Phi) is 7.73. The topological polar surface area (TPSA) is 95.9 Å². The van der Waals surface area contributed by atoms with Crippen LogP contribution in [-0.4, -0.2) is 67.4 Å². The van der Waals surface area contributed by atoms with E-state index in [0.29, 0.717) is 31.1 Å². The molecule has 2 aromatic carbocycles. The SMILES string of the molecule is O=C(O)C1(NS(=O)(=O)C2CC=C(c3ccc(Cl)cc3)S2)CC1(CCCN1CCOCC1)c1ccccc1. The molecule has 2 aromatic rings. The molecular formula is C27H31ClN2O5S2. The van der Waals surface area contributed by atoms with Gasteiger partial charge in [0.15, 0.2) is 0 Å². The normalized spacial score (nSPS) is 28.1. The van der Waals surface area contributed by atoms with E-state index in [4.69, 9.17) is 16.3 Å². The van der Waals surface area contributed by atoms with E-state index in [1.807, 2.05) is 48.5 Å². The smallest absolute Gasteiger partial charge is 0.325 e. The lowest BCUT2D eigenvalue weighted by atomic mass is 9.86. The summed E-state index contributed by atoms with van der Waals surface area (Å²) in [6.45, 7) is 3.95. The van der Waals surface area contributed by atoms with Crippen molar-refractivity contribution in [1.82, 2.24) is 9.62 Å². The van der Waals surface area contributed by atoms with Crippen LogP contribution >= 0.6 is 23.4 Å². The number of benzene rings is 2. The zero-order valence-electron chi connectivity index (χ0n) is 20.4. The number of ether oxygens (including phenoxy) is 1. The van der Waals surface area contributed by atoms with E-state index in [9.17, 15) is 18.3 Å².